The zero-order valence-electron chi connectivity index (χ0n) is 14.7. The Kier molecular flexibility index (Phi) is 7.61. The van der Waals surface area contributed by atoms with Crippen LogP contribution in [0.25, 0.3) is 0 Å². The van der Waals surface area contributed by atoms with Crippen molar-refractivity contribution in [2.24, 2.45) is 0 Å². The Balaban J connectivity index is 1.86. The van der Waals surface area contributed by atoms with Crippen LogP contribution < -0.4 is 14.8 Å². The second-order valence-electron chi connectivity index (χ2n) is 5.55. The molecular weight excluding hydrogens is 338 g/mol. The highest BCUT2D eigenvalue weighted by Crippen LogP contribution is 2.28. The summed E-state index contributed by atoms with van der Waals surface area (Å²) in [4.78, 5) is 12.0. The molecule has 2 rings (SSSR count). The van der Waals surface area contributed by atoms with Crippen LogP contribution in [0.15, 0.2) is 42.5 Å². The number of hydrogen-bond acceptors (Lipinski definition) is 3. The molecule has 1 amide bonds. The van der Waals surface area contributed by atoms with Crippen molar-refractivity contribution >= 4 is 17.5 Å². The van der Waals surface area contributed by atoms with Gasteiger partial charge in [0.25, 0.3) is 0 Å². The summed E-state index contributed by atoms with van der Waals surface area (Å²) in [6.45, 7) is 5.48. The molecule has 0 unspecified atom stereocenters. The normalized spacial score (nSPS) is 10.4. The molecule has 0 heterocycles. The molecular formula is C20H24ClNO3. The van der Waals surface area contributed by atoms with E-state index in [9.17, 15) is 4.79 Å². The first-order valence-electron chi connectivity index (χ1n) is 8.52. The third-order valence-corrected chi connectivity index (χ3v) is 3.90. The third-order valence-electron chi connectivity index (χ3n) is 3.65. The lowest BCUT2D eigenvalue weighted by atomic mass is 10.1. The number of hydrogen-bond donors (Lipinski definition) is 1. The topological polar surface area (TPSA) is 47.6 Å². The molecule has 4 nitrogen and oxygen atoms in total. The highest BCUT2D eigenvalue weighted by molar-refractivity contribution is 6.30. The van der Waals surface area contributed by atoms with Crippen molar-refractivity contribution in [3.05, 3.63) is 58.6 Å². The van der Waals surface area contributed by atoms with E-state index in [1.54, 1.807) is 0 Å². The van der Waals surface area contributed by atoms with E-state index in [1.807, 2.05) is 56.3 Å². The summed E-state index contributed by atoms with van der Waals surface area (Å²) in [7, 11) is 0. The largest absolute Gasteiger partial charge is 0.490 e. The van der Waals surface area contributed by atoms with Gasteiger partial charge in [0.2, 0.25) is 5.91 Å². The molecule has 0 bridgehead atoms. The minimum Gasteiger partial charge on any atom is -0.490 e. The number of carbonyl (C=O) groups excluding carboxylic acids is 1. The SMILES string of the molecule is CCOc1ccc(CNC(=O)CCc2ccc(Cl)cc2)cc1OCC. The molecule has 2 aromatic rings. The molecule has 0 fully saturated rings. The van der Waals surface area contributed by atoms with Gasteiger partial charge in [-0.3, -0.25) is 4.79 Å². The van der Waals surface area contributed by atoms with Gasteiger partial charge in [-0.25, -0.2) is 0 Å². The average Bonchev–Trinajstić information content (AvgIpc) is 2.62. The number of aryl methyl sites for hydroxylation is 1. The van der Waals surface area contributed by atoms with Crippen molar-refractivity contribution in [1.82, 2.24) is 5.32 Å². The van der Waals surface area contributed by atoms with E-state index in [-0.39, 0.29) is 5.91 Å². The summed E-state index contributed by atoms with van der Waals surface area (Å²) >= 11 is 5.86. The monoisotopic (exact) mass is 361 g/mol. The van der Waals surface area contributed by atoms with Crippen molar-refractivity contribution in [3.8, 4) is 11.5 Å². The minimum absolute atomic E-state index is 0.0156. The Bertz CT molecular complexity index is 686. The van der Waals surface area contributed by atoms with E-state index in [0.29, 0.717) is 43.4 Å². The zero-order chi connectivity index (χ0) is 18.1. The van der Waals surface area contributed by atoms with E-state index in [2.05, 4.69) is 5.32 Å². The van der Waals surface area contributed by atoms with Crippen LogP contribution in [0.4, 0.5) is 0 Å². The molecule has 134 valence electrons. The lowest BCUT2D eigenvalue weighted by Gasteiger charge is -2.13. The first kappa shape index (κ1) is 19.1. The number of rotatable bonds is 9. The van der Waals surface area contributed by atoms with Gasteiger partial charge in [-0.05, 0) is 55.7 Å². The number of carbonyl (C=O) groups is 1. The summed E-state index contributed by atoms with van der Waals surface area (Å²) in [6, 6.07) is 13.3. The summed E-state index contributed by atoms with van der Waals surface area (Å²) in [5.41, 5.74) is 2.07. The summed E-state index contributed by atoms with van der Waals surface area (Å²) in [5, 5.41) is 3.64. The molecule has 0 aliphatic rings. The number of nitrogens with one attached hydrogen (secondary N) is 1. The van der Waals surface area contributed by atoms with Crippen LogP contribution in [0.1, 0.15) is 31.4 Å². The van der Waals surface area contributed by atoms with Crippen LogP contribution >= 0.6 is 11.6 Å². The van der Waals surface area contributed by atoms with Gasteiger partial charge in [0.1, 0.15) is 0 Å². The molecule has 0 spiro atoms. The Hall–Kier alpha value is -2.20. The number of ether oxygens (including phenoxy) is 2. The van der Waals surface area contributed by atoms with E-state index < -0.39 is 0 Å². The van der Waals surface area contributed by atoms with E-state index in [1.165, 1.54) is 0 Å². The van der Waals surface area contributed by atoms with Crippen molar-refractivity contribution < 1.29 is 14.3 Å². The van der Waals surface area contributed by atoms with Crippen LogP contribution in [0.5, 0.6) is 11.5 Å². The lowest BCUT2D eigenvalue weighted by Crippen LogP contribution is -2.23. The Morgan fingerprint density at radius 3 is 2.28 bits per heavy atom. The van der Waals surface area contributed by atoms with Gasteiger partial charge in [0, 0.05) is 18.0 Å². The lowest BCUT2D eigenvalue weighted by molar-refractivity contribution is -0.121. The van der Waals surface area contributed by atoms with Gasteiger partial charge in [0.05, 0.1) is 13.2 Å². The number of amides is 1. The van der Waals surface area contributed by atoms with Crippen molar-refractivity contribution in [1.29, 1.82) is 0 Å². The zero-order valence-corrected chi connectivity index (χ0v) is 15.4. The molecule has 0 aliphatic heterocycles. The minimum atomic E-state index is 0.0156. The molecule has 0 saturated heterocycles. The van der Waals surface area contributed by atoms with Crippen LogP contribution in [0.2, 0.25) is 5.02 Å². The van der Waals surface area contributed by atoms with Gasteiger partial charge in [-0.1, -0.05) is 29.8 Å². The summed E-state index contributed by atoms with van der Waals surface area (Å²) < 4.78 is 11.1. The summed E-state index contributed by atoms with van der Waals surface area (Å²) in [6.07, 6.45) is 1.13. The maximum Gasteiger partial charge on any atom is 0.220 e. The Morgan fingerprint density at radius 1 is 0.960 bits per heavy atom. The molecule has 0 aromatic heterocycles. The Labute approximate surface area is 154 Å². The summed E-state index contributed by atoms with van der Waals surface area (Å²) in [5.74, 6) is 1.45. The van der Waals surface area contributed by atoms with Gasteiger partial charge in [-0.2, -0.15) is 0 Å². The molecule has 25 heavy (non-hydrogen) atoms. The fraction of sp³-hybridized carbons (Fsp3) is 0.350. The van der Waals surface area contributed by atoms with Gasteiger partial charge in [-0.15, -0.1) is 0 Å². The molecule has 5 heteroatoms. The van der Waals surface area contributed by atoms with Gasteiger partial charge >= 0.3 is 0 Å². The van der Waals surface area contributed by atoms with E-state index in [0.717, 1.165) is 16.9 Å². The fourth-order valence-electron chi connectivity index (χ4n) is 2.40. The average molecular weight is 362 g/mol. The van der Waals surface area contributed by atoms with Crippen molar-refractivity contribution in [2.75, 3.05) is 13.2 Å². The van der Waals surface area contributed by atoms with Crippen molar-refractivity contribution in [2.45, 2.75) is 33.2 Å². The van der Waals surface area contributed by atoms with E-state index in [4.69, 9.17) is 21.1 Å². The van der Waals surface area contributed by atoms with E-state index >= 15 is 0 Å². The molecule has 0 atom stereocenters. The first-order chi connectivity index (χ1) is 12.1. The predicted molar refractivity (Wildman–Crippen MR) is 100 cm³/mol. The van der Waals surface area contributed by atoms with Crippen LogP contribution in [0.3, 0.4) is 0 Å². The van der Waals surface area contributed by atoms with Gasteiger partial charge in [0.15, 0.2) is 11.5 Å². The molecule has 0 saturated carbocycles. The van der Waals surface area contributed by atoms with Crippen LogP contribution in [-0.4, -0.2) is 19.1 Å². The maximum atomic E-state index is 12.0. The maximum absolute atomic E-state index is 12.0. The Morgan fingerprint density at radius 2 is 1.60 bits per heavy atom. The molecule has 1 N–H and O–H groups in total. The second kappa shape index (κ2) is 9.94. The predicted octanol–water partition coefficient (Wildman–Crippen LogP) is 4.39. The smallest absolute Gasteiger partial charge is 0.220 e. The molecule has 2 aromatic carbocycles. The number of halogens is 1. The molecule has 0 radical (unpaired) electrons. The highest BCUT2D eigenvalue weighted by atomic mass is 35.5. The van der Waals surface area contributed by atoms with Crippen molar-refractivity contribution in [3.63, 3.8) is 0 Å². The fourth-order valence-corrected chi connectivity index (χ4v) is 2.53. The van der Waals surface area contributed by atoms with Gasteiger partial charge < -0.3 is 14.8 Å². The number of benzene rings is 2. The standard InChI is InChI=1S/C20H24ClNO3/c1-3-24-18-11-7-16(13-19(18)25-4-2)14-22-20(23)12-8-15-5-9-17(21)10-6-15/h5-7,9-11,13H,3-4,8,12,14H2,1-2H3,(H,22,23). The first-order valence-corrected chi connectivity index (χ1v) is 8.89. The van der Waals surface area contributed by atoms with Crippen LogP contribution in [0, 0.1) is 0 Å². The molecule has 0 aliphatic carbocycles. The van der Waals surface area contributed by atoms with Crippen LogP contribution in [-0.2, 0) is 17.8 Å². The highest BCUT2D eigenvalue weighted by Gasteiger charge is 2.08. The second-order valence-corrected chi connectivity index (χ2v) is 5.99. The quantitative estimate of drug-likeness (QED) is 0.720. The third kappa shape index (κ3) is 6.31.